The van der Waals surface area contributed by atoms with E-state index in [-0.39, 0.29) is 0 Å². The minimum atomic E-state index is -2.34. The molecule has 0 aromatic carbocycles. The molecular weight excluding hydrogens is 389 g/mol. The molecular formula is C19H39N3Sn. The average molecular weight is 428 g/mol. The Morgan fingerprint density at radius 1 is 1.00 bits per heavy atom. The van der Waals surface area contributed by atoms with Gasteiger partial charge >= 0.3 is 149 Å². The van der Waals surface area contributed by atoms with Gasteiger partial charge in [-0.05, 0) is 0 Å². The number of rotatable bonds is 13. The Labute approximate surface area is 148 Å². The molecule has 0 spiro atoms. The molecule has 1 heterocycles. The molecule has 0 aliphatic carbocycles. The maximum absolute atomic E-state index is 4.87. The van der Waals surface area contributed by atoms with E-state index >= 15 is 0 Å². The normalized spacial score (nSPS) is 12.0. The molecule has 0 fully saturated rings. The fourth-order valence-corrected chi connectivity index (χ4v) is 20.3. The van der Waals surface area contributed by atoms with Gasteiger partial charge in [0.25, 0.3) is 0 Å². The number of aromatic nitrogens is 2. The molecule has 0 bridgehead atoms. The van der Waals surface area contributed by atoms with Crippen molar-refractivity contribution in [1.82, 2.24) is 15.1 Å². The van der Waals surface area contributed by atoms with Crippen molar-refractivity contribution < 1.29 is 0 Å². The molecule has 1 aromatic rings. The third kappa shape index (κ3) is 6.41. The van der Waals surface area contributed by atoms with Crippen molar-refractivity contribution in [3.63, 3.8) is 0 Å². The first-order chi connectivity index (χ1) is 11.1. The Kier molecular flexibility index (Phi) is 10.5. The summed E-state index contributed by atoms with van der Waals surface area (Å²) in [7, 11) is 2.04. The van der Waals surface area contributed by atoms with E-state index in [1.165, 1.54) is 57.5 Å². The summed E-state index contributed by atoms with van der Waals surface area (Å²) < 4.78 is 8.67. The average Bonchev–Trinajstić information content (AvgIpc) is 2.94. The summed E-state index contributed by atoms with van der Waals surface area (Å²) in [5, 5.41) is 8.16. The van der Waals surface area contributed by atoms with Crippen molar-refractivity contribution in [2.45, 2.75) is 86.1 Å². The van der Waals surface area contributed by atoms with Gasteiger partial charge in [-0.25, -0.2) is 0 Å². The molecule has 0 aliphatic heterocycles. The van der Waals surface area contributed by atoms with E-state index in [0.717, 1.165) is 13.1 Å². The van der Waals surface area contributed by atoms with Crippen LogP contribution < -0.4 is 9.03 Å². The third-order valence-electron chi connectivity index (χ3n) is 5.05. The Bertz CT molecular complexity index is 406. The zero-order valence-electron chi connectivity index (χ0n) is 16.2. The molecule has 1 aromatic heterocycles. The van der Waals surface area contributed by atoms with Gasteiger partial charge in [-0.3, -0.25) is 0 Å². The third-order valence-corrected chi connectivity index (χ3v) is 20.5. The van der Waals surface area contributed by atoms with Crippen LogP contribution in [0, 0.1) is 6.92 Å². The monoisotopic (exact) mass is 429 g/mol. The van der Waals surface area contributed by atoms with E-state index in [0.29, 0.717) is 0 Å². The summed E-state index contributed by atoms with van der Waals surface area (Å²) in [6, 6.07) is 2.46. The Morgan fingerprint density at radius 3 is 1.96 bits per heavy atom. The first kappa shape index (κ1) is 21.0. The van der Waals surface area contributed by atoms with Gasteiger partial charge in [-0.15, -0.1) is 0 Å². The van der Waals surface area contributed by atoms with Crippen molar-refractivity contribution in [3.8, 4) is 0 Å². The number of hydrogen-bond acceptors (Lipinski definition) is 2. The van der Waals surface area contributed by atoms with Crippen molar-refractivity contribution in [3.05, 3.63) is 11.8 Å². The van der Waals surface area contributed by atoms with Crippen LogP contribution in [0.2, 0.25) is 13.3 Å². The standard InChI is InChI=1S/C7H12N3.3C4H9.Sn/c1-7-3-5-10(9-7)6-4-8-2;3*1-3-4-2;/h3,8H,4,6H2,1-2H3;3*1,3-4H2,2H3;. The molecule has 4 heteroatoms. The first-order valence-corrected chi connectivity index (χ1v) is 17.3. The summed E-state index contributed by atoms with van der Waals surface area (Å²) >= 11 is -2.34. The van der Waals surface area contributed by atoms with E-state index in [2.05, 4.69) is 43.8 Å². The van der Waals surface area contributed by atoms with E-state index < -0.39 is 18.4 Å². The second kappa shape index (κ2) is 11.5. The SMILES string of the molecule is CCC[CH2][Sn]([CH2]CCC)([CH2]CCC)[c]1cc(C)nn1CCNC. The van der Waals surface area contributed by atoms with Crippen molar-refractivity contribution >= 4 is 22.1 Å². The molecule has 0 radical (unpaired) electrons. The molecule has 3 nitrogen and oxygen atoms in total. The van der Waals surface area contributed by atoms with E-state index in [1.807, 2.05) is 7.05 Å². The van der Waals surface area contributed by atoms with Gasteiger partial charge < -0.3 is 0 Å². The molecule has 0 atom stereocenters. The molecule has 0 unspecified atom stereocenters. The van der Waals surface area contributed by atoms with E-state index in [9.17, 15) is 0 Å². The second-order valence-electron chi connectivity index (χ2n) is 7.09. The quantitative estimate of drug-likeness (QED) is 0.470. The molecule has 0 saturated carbocycles. The van der Waals surface area contributed by atoms with Crippen LogP contribution in [0.4, 0.5) is 0 Å². The summed E-state index contributed by atoms with van der Waals surface area (Å²) in [4.78, 5) is 0. The first-order valence-electron chi connectivity index (χ1n) is 9.83. The van der Waals surface area contributed by atoms with Gasteiger partial charge in [0.1, 0.15) is 0 Å². The Hall–Kier alpha value is -0.0313. The Balaban J connectivity index is 3.17. The molecule has 0 saturated heterocycles. The van der Waals surface area contributed by atoms with Crippen molar-refractivity contribution in [2.75, 3.05) is 13.6 Å². The summed E-state index contributed by atoms with van der Waals surface area (Å²) in [5.74, 6) is 0. The zero-order valence-corrected chi connectivity index (χ0v) is 19.1. The second-order valence-corrected chi connectivity index (χ2v) is 20.1. The van der Waals surface area contributed by atoms with E-state index in [4.69, 9.17) is 5.10 Å². The summed E-state index contributed by atoms with van der Waals surface area (Å²) in [5.41, 5.74) is 1.22. The topological polar surface area (TPSA) is 29.9 Å². The number of aryl methyl sites for hydroxylation is 1. The van der Waals surface area contributed by atoms with Crippen LogP contribution >= 0.6 is 0 Å². The van der Waals surface area contributed by atoms with Gasteiger partial charge in [0.05, 0.1) is 0 Å². The molecule has 134 valence electrons. The number of likely N-dealkylation sites (N-methyl/N-ethyl adjacent to an activating group) is 1. The molecule has 23 heavy (non-hydrogen) atoms. The number of nitrogens with one attached hydrogen (secondary N) is 1. The molecule has 0 aliphatic rings. The molecule has 1 rings (SSSR count). The van der Waals surface area contributed by atoms with Crippen molar-refractivity contribution in [2.24, 2.45) is 0 Å². The van der Waals surface area contributed by atoms with Crippen LogP contribution in [0.5, 0.6) is 0 Å². The van der Waals surface area contributed by atoms with Crippen LogP contribution in [0.1, 0.15) is 65.0 Å². The number of unbranched alkanes of at least 4 members (excludes halogenated alkanes) is 3. The zero-order chi connectivity index (χ0) is 17.1. The number of hydrogen-bond donors (Lipinski definition) is 1. The van der Waals surface area contributed by atoms with Gasteiger partial charge in [0.15, 0.2) is 0 Å². The maximum atomic E-state index is 4.87. The summed E-state index contributed by atoms with van der Waals surface area (Å²) in [6.07, 6.45) is 8.25. The predicted octanol–water partition coefficient (Wildman–Crippen LogP) is 4.47. The Morgan fingerprint density at radius 2 is 1.52 bits per heavy atom. The van der Waals surface area contributed by atoms with Crippen LogP contribution in [0.25, 0.3) is 0 Å². The van der Waals surface area contributed by atoms with Gasteiger partial charge in [0.2, 0.25) is 0 Å². The van der Waals surface area contributed by atoms with Gasteiger partial charge in [0, 0.05) is 0 Å². The van der Waals surface area contributed by atoms with Crippen LogP contribution in [-0.4, -0.2) is 41.7 Å². The van der Waals surface area contributed by atoms with Gasteiger partial charge in [-0.1, -0.05) is 0 Å². The predicted molar refractivity (Wildman–Crippen MR) is 105 cm³/mol. The van der Waals surface area contributed by atoms with E-state index in [1.54, 1.807) is 3.71 Å². The number of nitrogens with zero attached hydrogens (tertiary/aromatic N) is 2. The van der Waals surface area contributed by atoms with Crippen molar-refractivity contribution in [1.29, 1.82) is 0 Å². The van der Waals surface area contributed by atoms with Crippen LogP contribution in [0.15, 0.2) is 6.07 Å². The molecule has 0 amide bonds. The fourth-order valence-electron chi connectivity index (χ4n) is 3.67. The molecule has 1 N–H and O–H groups in total. The van der Waals surface area contributed by atoms with Gasteiger partial charge in [-0.2, -0.15) is 0 Å². The fraction of sp³-hybridized carbons (Fsp3) is 0.842. The summed E-state index contributed by atoms with van der Waals surface area (Å²) in [6.45, 7) is 11.3. The minimum absolute atomic E-state index is 1.02. The van der Waals surface area contributed by atoms with Crippen LogP contribution in [-0.2, 0) is 6.54 Å². The van der Waals surface area contributed by atoms with Crippen LogP contribution in [0.3, 0.4) is 0 Å².